The van der Waals surface area contributed by atoms with E-state index in [1.54, 1.807) is 19.0 Å². The van der Waals surface area contributed by atoms with Crippen LogP contribution in [-0.4, -0.2) is 48.7 Å². The number of aliphatic hydroxyl groups is 1. The molecule has 0 spiro atoms. The predicted octanol–water partition coefficient (Wildman–Crippen LogP) is 1.49. The maximum absolute atomic E-state index is 11.6. The van der Waals surface area contributed by atoms with E-state index in [0.29, 0.717) is 13.0 Å². The third-order valence-electron chi connectivity index (χ3n) is 3.32. The lowest BCUT2D eigenvalue weighted by atomic mass is 9.80. The van der Waals surface area contributed by atoms with Crippen molar-refractivity contribution in [2.75, 3.05) is 20.6 Å². The molecule has 0 fully saturated rings. The maximum atomic E-state index is 11.6. The average Bonchev–Trinajstić information content (AvgIpc) is 2.25. The van der Waals surface area contributed by atoms with E-state index in [1.165, 1.54) is 0 Å². The predicted molar refractivity (Wildman–Crippen MR) is 75.4 cm³/mol. The summed E-state index contributed by atoms with van der Waals surface area (Å²) in [7, 11) is 3.53. The molecule has 4 heteroatoms. The summed E-state index contributed by atoms with van der Waals surface area (Å²) >= 11 is 0. The fourth-order valence-electron chi connectivity index (χ4n) is 1.96. The van der Waals surface area contributed by atoms with Crippen LogP contribution < -0.4 is 5.32 Å². The topological polar surface area (TPSA) is 52.6 Å². The van der Waals surface area contributed by atoms with Gasteiger partial charge in [-0.25, -0.2) is 0 Å². The van der Waals surface area contributed by atoms with Gasteiger partial charge < -0.3 is 15.3 Å². The average molecular weight is 258 g/mol. The van der Waals surface area contributed by atoms with Crippen molar-refractivity contribution < 1.29 is 9.90 Å². The van der Waals surface area contributed by atoms with E-state index in [-0.39, 0.29) is 29.4 Å². The first-order valence-electron chi connectivity index (χ1n) is 6.69. The van der Waals surface area contributed by atoms with Crippen LogP contribution in [-0.2, 0) is 4.79 Å². The van der Waals surface area contributed by atoms with Gasteiger partial charge in [0, 0.05) is 38.5 Å². The Morgan fingerprint density at radius 3 is 2.17 bits per heavy atom. The largest absolute Gasteiger partial charge is 0.392 e. The van der Waals surface area contributed by atoms with Gasteiger partial charge in [-0.2, -0.15) is 0 Å². The zero-order valence-electron chi connectivity index (χ0n) is 12.9. The van der Waals surface area contributed by atoms with Crippen molar-refractivity contribution in [3.05, 3.63) is 0 Å². The fourth-order valence-corrected chi connectivity index (χ4v) is 1.96. The van der Waals surface area contributed by atoms with Crippen molar-refractivity contribution in [2.24, 2.45) is 11.3 Å². The fraction of sp³-hybridized carbons (Fsp3) is 0.929. The molecule has 0 aromatic heterocycles. The maximum Gasteiger partial charge on any atom is 0.223 e. The molecule has 0 aromatic carbocycles. The highest BCUT2D eigenvalue weighted by atomic mass is 16.3. The molecule has 2 atom stereocenters. The Kier molecular flexibility index (Phi) is 6.86. The standard InChI is InChI=1S/C14H30N2O2/c1-10(2)13(18)14(4,5)9-15-11(3)8-12(17)16(6)7/h10-11,13,15,18H,8-9H2,1-7H3. The van der Waals surface area contributed by atoms with E-state index < -0.39 is 0 Å². The summed E-state index contributed by atoms with van der Waals surface area (Å²) in [6.45, 7) is 10.8. The highest BCUT2D eigenvalue weighted by molar-refractivity contribution is 5.76. The number of amides is 1. The van der Waals surface area contributed by atoms with Crippen LogP contribution in [0.4, 0.5) is 0 Å². The minimum absolute atomic E-state index is 0.122. The zero-order valence-corrected chi connectivity index (χ0v) is 12.9. The molecule has 0 saturated heterocycles. The van der Waals surface area contributed by atoms with Gasteiger partial charge in [0.2, 0.25) is 5.91 Å². The molecule has 18 heavy (non-hydrogen) atoms. The van der Waals surface area contributed by atoms with Crippen LogP contribution in [0.25, 0.3) is 0 Å². The van der Waals surface area contributed by atoms with Gasteiger partial charge in [-0.3, -0.25) is 4.79 Å². The van der Waals surface area contributed by atoms with Crippen LogP contribution in [0.2, 0.25) is 0 Å². The second kappa shape index (κ2) is 7.10. The highest BCUT2D eigenvalue weighted by Gasteiger charge is 2.30. The SMILES string of the molecule is CC(CC(=O)N(C)C)NCC(C)(C)C(O)C(C)C. The van der Waals surface area contributed by atoms with Gasteiger partial charge in [0.05, 0.1) is 6.10 Å². The Bertz CT molecular complexity index is 263. The molecule has 2 unspecified atom stereocenters. The van der Waals surface area contributed by atoms with Gasteiger partial charge in [0.1, 0.15) is 0 Å². The van der Waals surface area contributed by atoms with E-state index in [4.69, 9.17) is 0 Å². The molecular weight excluding hydrogens is 228 g/mol. The van der Waals surface area contributed by atoms with Crippen molar-refractivity contribution in [1.29, 1.82) is 0 Å². The lowest BCUT2D eigenvalue weighted by Gasteiger charge is -2.34. The van der Waals surface area contributed by atoms with Gasteiger partial charge >= 0.3 is 0 Å². The summed E-state index contributed by atoms with van der Waals surface area (Å²) in [5.74, 6) is 0.359. The van der Waals surface area contributed by atoms with Crippen molar-refractivity contribution >= 4 is 5.91 Å². The molecule has 0 aromatic rings. The summed E-state index contributed by atoms with van der Waals surface area (Å²) in [6.07, 6.45) is 0.141. The van der Waals surface area contributed by atoms with Gasteiger partial charge in [-0.1, -0.05) is 27.7 Å². The summed E-state index contributed by atoms with van der Waals surface area (Å²) < 4.78 is 0. The van der Waals surface area contributed by atoms with Crippen LogP contribution in [0, 0.1) is 11.3 Å². The number of carbonyl (C=O) groups excluding carboxylic acids is 1. The van der Waals surface area contributed by atoms with E-state index in [0.717, 1.165) is 0 Å². The first kappa shape index (κ1) is 17.4. The number of carbonyl (C=O) groups is 1. The lowest BCUT2D eigenvalue weighted by Crippen LogP contribution is -2.45. The van der Waals surface area contributed by atoms with Gasteiger partial charge in [0.25, 0.3) is 0 Å². The van der Waals surface area contributed by atoms with Crippen LogP contribution in [0.3, 0.4) is 0 Å². The molecule has 0 aliphatic heterocycles. The van der Waals surface area contributed by atoms with Crippen LogP contribution in [0.1, 0.15) is 41.0 Å². The van der Waals surface area contributed by atoms with Gasteiger partial charge in [0.15, 0.2) is 0 Å². The molecule has 0 rings (SSSR count). The molecule has 4 nitrogen and oxygen atoms in total. The third kappa shape index (κ3) is 5.83. The van der Waals surface area contributed by atoms with Crippen LogP contribution >= 0.6 is 0 Å². The molecule has 1 amide bonds. The highest BCUT2D eigenvalue weighted by Crippen LogP contribution is 2.25. The van der Waals surface area contributed by atoms with Crippen LogP contribution in [0.15, 0.2) is 0 Å². The molecule has 0 radical (unpaired) electrons. The van der Waals surface area contributed by atoms with Gasteiger partial charge in [-0.05, 0) is 12.8 Å². The lowest BCUT2D eigenvalue weighted by molar-refractivity contribution is -0.129. The Balaban J connectivity index is 4.19. The molecule has 0 heterocycles. The number of hydrogen-bond donors (Lipinski definition) is 2. The minimum atomic E-state index is -0.346. The number of hydrogen-bond acceptors (Lipinski definition) is 3. The minimum Gasteiger partial charge on any atom is -0.392 e. The molecule has 0 saturated carbocycles. The number of nitrogens with zero attached hydrogens (tertiary/aromatic N) is 1. The number of aliphatic hydroxyl groups excluding tert-OH is 1. The van der Waals surface area contributed by atoms with Crippen molar-refractivity contribution in [3.8, 4) is 0 Å². The molecule has 0 bridgehead atoms. The summed E-state index contributed by atoms with van der Waals surface area (Å²) in [6, 6.07) is 0.124. The van der Waals surface area contributed by atoms with E-state index in [9.17, 15) is 9.90 Å². The summed E-state index contributed by atoms with van der Waals surface area (Å²) in [5.41, 5.74) is -0.191. The molecular formula is C14H30N2O2. The van der Waals surface area contributed by atoms with E-state index in [1.807, 2.05) is 34.6 Å². The number of rotatable bonds is 7. The summed E-state index contributed by atoms with van der Waals surface area (Å²) in [5, 5.41) is 13.5. The first-order chi connectivity index (χ1) is 8.08. The van der Waals surface area contributed by atoms with Crippen molar-refractivity contribution in [3.63, 3.8) is 0 Å². The molecule has 0 aliphatic carbocycles. The molecule has 2 N–H and O–H groups in total. The molecule has 0 aliphatic rings. The Morgan fingerprint density at radius 1 is 1.28 bits per heavy atom. The Morgan fingerprint density at radius 2 is 1.78 bits per heavy atom. The Labute approximate surface area is 112 Å². The quantitative estimate of drug-likeness (QED) is 0.727. The second-order valence-electron chi connectivity index (χ2n) is 6.45. The monoisotopic (exact) mass is 258 g/mol. The molecule has 108 valence electrons. The van der Waals surface area contributed by atoms with E-state index >= 15 is 0 Å². The van der Waals surface area contributed by atoms with Crippen molar-refractivity contribution in [1.82, 2.24) is 10.2 Å². The zero-order chi connectivity index (χ0) is 14.5. The Hall–Kier alpha value is -0.610. The second-order valence-corrected chi connectivity index (χ2v) is 6.45. The normalized spacial score (nSPS) is 15.6. The van der Waals surface area contributed by atoms with Gasteiger partial charge in [-0.15, -0.1) is 0 Å². The van der Waals surface area contributed by atoms with Crippen molar-refractivity contribution in [2.45, 2.75) is 53.2 Å². The summed E-state index contributed by atoms with van der Waals surface area (Å²) in [4.78, 5) is 13.2. The van der Waals surface area contributed by atoms with E-state index in [2.05, 4.69) is 5.32 Å². The number of nitrogens with one attached hydrogen (secondary N) is 1. The smallest absolute Gasteiger partial charge is 0.223 e. The first-order valence-corrected chi connectivity index (χ1v) is 6.69. The third-order valence-corrected chi connectivity index (χ3v) is 3.32. The van der Waals surface area contributed by atoms with Crippen LogP contribution in [0.5, 0.6) is 0 Å².